The number of aromatic nitrogens is 2. The Labute approximate surface area is 143 Å². The Morgan fingerprint density at radius 2 is 2.26 bits per heavy atom. The van der Waals surface area contributed by atoms with Gasteiger partial charge in [0.15, 0.2) is 11.6 Å². The highest BCUT2D eigenvalue weighted by Gasteiger charge is 2.25. The van der Waals surface area contributed by atoms with E-state index >= 15 is 0 Å². The molecular formula is C17H19BrFN3O. The second-order valence-electron chi connectivity index (χ2n) is 5.69. The lowest BCUT2D eigenvalue weighted by atomic mass is 10.1. The fraction of sp³-hybridized carbons (Fsp3) is 0.412. The van der Waals surface area contributed by atoms with Crippen LogP contribution in [0.4, 0.5) is 10.3 Å². The summed E-state index contributed by atoms with van der Waals surface area (Å²) in [5.74, 6) is 1.10. The lowest BCUT2D eigenvalue weighted by Gasteiger charge is -2.17. The molecule has 6 heteroatoms. The van der Waals surface area contributed by atoms with Crippen LogP contribution in [0.5, 0.6) is 5.75 Å². The van der Waals surface area contributed by atoms with Crippen molar-refractivity contribution in [1.29, 1.82) is 0 Å². The first-order valence-electron chi connectivity index (χ1n) is 7.80. The van der Waals surface area contributed by atoms with Crippen LogP contribution in [-0.4, -0.2) is 29.7 Å². The molecule has 1 fully saturated rings. The third-order valence-electron chi connectivity index (χ3n) is 4.00. The smallest absolute Gasteiger partial charge is 0.225 e. The van der Waals surface area contributed by atoms with Crippen LogP contribution in [0, 0.1) is 11.7 Å². The second-order valence-corrected chi connectivity index (χ2v) is 6.60. The zero-order valence-corrected chi connectivity index (χ0v) is 14.6. The molecule has 2 heterocycles. The van der Waals surface area contributed by atoms with E-state index in [0.717, 1.165) is 37.6 Å². The Balaban J connectivity index is 1.57. The summed E-state index contributed by atoms with van der Waals surface area (Å²) >= 11 is 3.24. The van der Waals surface area contributed by atoms with E-state index in [1.54, 1.807) is 12.1 Å². The first kappa shape index (κ1) is 16.2. The first-order chi connectivity index (χ1) is 11.2. The molecule has 1 aromatic heterocycles. The molecule has 122 valence electrons. The minimum absolute atomic E-state index is 0.302. The van der Waals surface area contributed by atoms with Gasteiger partial charge in [0.2, 0.25) is 5.95 Å². The van der Waals surface area contributed by atoms with Gasteiger partial charge in [-0.25, -0.2) is 14.4 Å². The molecule has 0 aliphatic carbocycles. The van der Waals surface area contributed by atoms with Gasteiger partial charge in [-0.05, 0) is 37.1 Å². The van der Waals surface area contributed by atoms with Crippen LogP contribution in [0.2, 0.25) is 0 Å². The molecule has 0 N–H and O–H groups in total. The SMILES string of the molecule is CCc1ccnc(N2CCC(COc3ccc(Br)cc3F)C2)n1. The average molecular weight is 380 g/mol. The number of benzene rings is 1. The summed E-state index contributed by atoms with van der Waals surface area (Å²) in [6.45, 7) is 4.33. The van der Waals surface area contributed by atoms with E-state index in [1.807, 2.05) is 12.3 Å². The van der Waals surface area contributed by atoms with E-state index in [1.165, 1.54) is 6.07 Å². The lowest BCUT2D eigenvalue weighted by Crippen LogP contribution is -2.24. The van der Waals surface area contributed by atoms with Crippen molar-refractivity contribution in [3.05, 3.63) is 46.4 Å². The summed E-state index contributed by atoms with van der Waals surface area (Å²) < 4.78 is 20.1. The molecule has 23 heavy (non-hydrogen) atoms. The highest BCUT2D eigenvalue weighted by molar-refractivity contribution is 9.10. The Bertz CT molecular complexity index is 683. The molecule has 4 nitrogen and oxygen atoms in total. The number of hydrogen-bond acceptors (Lipinski definition) is 4. The van der Waals surface area contributed by atoms with Crippen molar-refractivity contribution in [2.24, 2.45) is 5.92 Å². The molecule has 2 aromatic rings. The van der Waals surface area contributed by atoms with Gasteiger partial charge in [0.05, 0.1) is 6.61 Å². The fourth-order valence-electron chi connectivity index (χ4n) is 2.68. The van der Waals surface area contributed by atoms with Crippen molar-refractivity contribution in [1.82, 2.24) is 9.97 Å². The number of hydrogen-bond donors (Lipinski definition) is 0. The van der Waals surface area contributed by atoms with Gasteiger partial charge in [-0.2, -0.15) is 0 Å². The Kier molecular flexibility index (Phi) is 5.10. The molecule has 1 aliphatic heterocycles. The lowest BCUT2D eigenvalue weighted by molar-refractivity contribution is 0.250. The largest absolute Gasteiger partial charge is 0.490 e. The summed E-state index contributed by atoms with van der Waals surface area (Å²) in [6.07, 6.45) is 3.71. The topological polar surface area (TPSA) is 38.2 Å². The maximum atomic E-state index is 13.8. The standard InChI is InChI=1S/C17H19BrFN3O/c1-2-14-5-7-20-17(21-14)22-8-6-12(10-22)11-23-16-4-3-13(18)9-15(16)19/h3-5,7,9,12H,2,6,8,10-11H2,1H3. The fourth-order valence-corrected chi connectivity index (χ4v) is 3.02. The normalized spacial score (nSPS) is 17.5. The van der Waals surface area contributed by atoms with Gasteiger partial charge in [0.25, 0.3) is 0 Å². The number of anilines is 1. The molecule has 1 aromatic carbocycles. The number of aryl methyl sites for hydroxylation is 1. The van der Waals surface area contributed by atoms with Gasteiger partial charge >= 0.3 is 0 Å². The van der Waals surface area contributed by atoms with Gasteiger partial charge in [-0.15, -0.1) is 0 Å². The van der Waals surface area contributed by atoms with Gasteiger partial charge in [-0.1, -0.05) is 22.9 Å². The van der Waals surface area contributed by atoms with Crippen LogP contribution in [0.3, 0.4) is 0 Å². The van der Waals surface area contributed by atoms with Crippen LogP contribution in [-0.2, 0) is 6.42 Å². The maximum absolute atomic E-state index is 13.8. The van der Waals surface area contributed by atoms with Gasteiger partial charge in [0.1, 0.15) is 0 Å². The summed E-state index contributed by atoms with van der Waals surface area (Å²) in [5.41, 5.74) is 1.05. The average Bonchev–Trinajstić information content (AvgIpc) is 3.03. The van der Waals surface area contributed by atoms with Crippen LogP contribution in [0.15, 0.2) is 34.9 Å². The quantitative estimate of drug-likeness (QED) is 0.790. The van der Waals surface area contributed by atoms with Crippen molar-refractivity contribution in [2.45, 2.75) is 19.8 Å². The molecule has 3 rings (SSSR count). The van der Waals surface area contributed by atoms with Crippen molar-refractivity contribution >= 4 is 21.9 Å². The summed E-state index contributed by atoms with van der Waals surface area (Å²) in [6, 6.07) is 6.79. The second kappa shape index (κ2) is 7.25. The zero-order chi connectivity index (χ0) is 16.2. The molecule has 1 unspecified atom stereocenters. The summed E-state index contributed by atoms with van der Waals surface area (Å²) in [5, 5.41) is 0. The molecule has 1 saturated heterocycles. The van der Waals surface area contributed by atoms with E-state index in [0.29, 0.717) is 22.7 Å². The van der Waals surface area contributed by atoms with Crippen LogP contribution < -0.4 is 9.64 Å². The predicted molar refractivity (Wildman–Crippen MR) is 91.3 cm³/mol. The van der Waals surface area contributed by atoms with E-state index < -0.39 is 0 Å². The van der Waals surface area contributed by atoms with E-state index in [9.17, 15) is 4.39 Å². The Morgan fingerprint density at radius 3 is 3.04 bits per heavy atom. The van der Waals surface area contributed by atoms with Gasteiger partial charge < -0.3 is 9.64 Å². The van der Waals surface area contributed by atoms with Crippen molar-refractivity contribution in [2.75, 3.05) is 24.6 Å². The Morgan fingerprint density at radius 1 is 1.39 bits per heavy atom. The van der Waals surface area contributed by atoms with Crippen LogP contribution in [0.25, 0.3) is 0 Å². The minimum Gasteiger partial charge on any atom is -0.490 e. The predicted octanol–water partition coefficient (Wildman–Crippen LogP) is 3.85. The molecule has 0 saturated carbocycles. The summed E-state index contributed by atoms with van der Waals surface area (Å²) in [7, 11) is 0. The van der Waals surface area contributed by atoms with E-state index in [-0.39, 0.29) is 5.82 Å². The minimum atomic E-state index is -0.340. The van der Waals surface area contributed by atoms with Crippen molar-refractivity contribution in [3.8, 4) is 5.75 Å². The molecule has 0 radical (unpaired) electrons. The van der Waals surface area contributed by atoms with Gasteiger partial charge in [-0.3, -0.25) is 0 Å². The third-order valence-corrected chi connectivity index (χ3v) is 4.49. The monoisotopic (exact) mass is 379 g/mol. The molecule has 0 amide bonds. The van der Waals surface area contributed by atoms with Gasteiger partial charge in [0, 0.05) is 35.4 Å². The van der Waals surface area contributed by atoms with Crippen molar-refractivity contribution < 1.29 is 9.13 Å². The number of rotatable bonds is 5. The van der Waals surface area contributed by atoms with E-state index in [4.69, 9.17) is 4.74 Å². The highest BCUT2D eigenvalue weighted by atomic mass is 79.9. The number of nitrogens with zero attached hydrogens (tertiary/aromatic N) is 3. The summed E-state index contributed by atoms with van der Waals surface area (Å²) in [4.78, 5) is 11.1. The molecular weight excluding hydrogens is 361 g/mol. The van der Waals surface area contributed by atoms with Crippen LogP contribution in [0.1, 0.15) is 19.0 Å². The third kappa shape index (κ3) is 3.99. The van der Waals surface area contributed by atoms with E-state index in [2.05, 4.69) is 37.7 Å². The van der Waals surface area contributed by atoms with Crippen molar-refractivity contribution in [3.63, 3.8) is 0 Å². The highest BCUT2D eigenvalue weighted by Crippen LogP contribution is 2.25. The molecule has 0 bridgehead atoms. The Hall–Kier alpha value is -1.69. The molecule has 0 spiro atoms. The van der Waals surface area contributed by atoms with Crippen LogP contribution >= 0.6 is 15.9 Å². The number of halogens is 2. The molecule has 1 aliphatic rings. The first-order valence-corrected chi connectivity index (χ1v) is 8.59. The molecule has 1 atom stereocenters. The maximum Gasteiger partial charge on any atom is 0.225 e. The zero-order valence-electron chi connectivity index (χ0n) is 13.0. The number of ether oxygens (including phenoxy) is 1.